The highest BCUT2D eigenvalue weighted by Gasteiger charge is 2.38. The Balaban J connectivity index is 1.95. The van der Waals surface area contributed by atoms with E-state index in [-0.39, 0.29) is 0 Å². The second-order valence-corrected chi connectivity index (χ2v) is 5.13. The Morgan fingerprint density at radius 1 is 1.46 bits per heavy atom. The van der Waals surface area contributed by atoms with Gasteiger partial charge in [0.05, 0.1) is 12.8 Å². The molecule has 2 saturated heterocycles. The van der Waals surface area contributed by atoms with Gasteiger partial charge in [0.25, 0.3) is 0 Å². The van der Waals surface area contributed by atoms with E-state index in [0.29, 0.717) is 17.7 Å². The molecule has 0 aromatic carbocycles. The van der Waals surface area contributed by atoms with E-state index in [4.69, 9.17) is 4.74 Å². The van der Waals surface area contributed by atoms with Gasteiger partial charge in [0.2, 0.25) is 0 Å². The maximum atomic E-state index is 5.87. The first-order valence-electron chi connectivity index (χ1n) is 5.17. The van der Waals surface area contributed by atoms with Crippen LogP contribution in [0.4, 0.5) is 0 Å². The van der Waals surface area contributed by atoms with Gasteiger partial charge in [-0.05, 0) is 18.8 Å². The standard InChI is InChI=1S/C10H20N2O/c1-8-4-10(2,3)6-11-7-12-5-9(12)13-8/h8-9,11H,4-7H2,1-3H3. The van der Waals surface area contributed by atoms with Crippen LogP contribution in [0.3, 0.4) is 0 Å². The van der Waals surface area contributed by atoms with E-state index in [9.17, 15) is 0 Å². The first kappa shape index (κ1) is 9.44. The maximum absolute atomic E-state index is 5.87. The van der Waals surface area contributed by atoms with E-state index in [0.717, 1.165) is 26.2 Å². The largest absolute Gasteiger partial charge is 0.359 e. The highest BCUT2D eigenvalue weighted by molar-refractivity contribution is 4.85. The molecular formula is C10H20N2O. The Kier molecular flexibility index (Phi) is 2.34. The van der Waals surface area contributed by atoms with Crippen molar-refractivity contribution in [2.75, 3.05) is 19.8 Å². The third-order valence-electron chi connectivity index (χ3n) is 2.81. The average Bonchev–Trinajstić information content (AvgIpc) is 2.64. The zero-order valence-corrected chi connectivity index (χ0v) is 8.84. The third-order valence-corrected chi connectivity index (χ3v) is 2.81. The normalized spacial score (nSPS) is 44.1. The van der Waals surface area contributed by atoms with Crippen molar-refractivity contribution in [3.05, 3.63) is 0 Å². The minimum absolute atomic E-state index is 0.358. The molecule has 0 aliphatic carbocycles. The SMILES string of the molecule is CC1CC(C)(C)CNCN2CC2O1. The fourth-order valence-electron chi connectivity index (χ4n) is 2.15. The zero-order chi connectivity index (χ0) is 9.47. The molecule has 0 bridgehead atoms. The summed E-state index contributed by atoms with van der Waals surface area (Å²) in [6.07, 6.45) is 1.94. The minimum atomic E-state index is 0.358. The summed E-state index contributed by atoms with van der Waals surface area (Å²) >= 11 is 0. The zero-order valence-electron chi connectivity index (χ0n) is 8.84. The summed E-state index contributed by atoms with van der Waals surface area (Å²) in [5.74, 6) is 0. The molecule has 0 spiro atoms. The lowest BCUT2D eigenvalue weighted by molar-refractivity contribution is 0.00829. The molecule has 0 saturated carbocycles. The third kappa shape index (κ3) is 2.42. The minimum Gasteiger partial charge on any atom is -0.359 e. The first-order valence-corrected chi connectivity index (χ1v) is 5.17. The fraction of sp³-hybridized carbons (Fsp3) is 1.00. The molecule has 0 aromatic heterocycles. The van der Waals surface area contributed by atoms with Crippen LogP contribution < -0.4 is 5.32 Å². The van der Waals surface area contributed by atoms with E-state index < -0.39 is 0 Å². The van der Waals surface area contributed by atoms with Crippen LogP contribution in [0.1, 0.15) is 27.2 Å². The van der Waals surface area contributed by atoms with Crippen LogP contribution in [-0.2, 0) is 4.74 Å². The summed E-state index contributed by atoms with van der Waals surface area (Å²) in [6.45, 7) is 9.96. The number of rotatable bonds is 0. The molecular weight excluding hydrogens is 164 g/mol. The monoisotopic (exact) mass is 184 g/mol. The van der Waals surface area contributed by atoms with Crippen LogP contribution in [0.2, 0.25) is 0 Å². The predicted octanol–water partition coefficient (Wildman–Crippen LogP) is 1.01. The number of nitrogens with one attached hydrogen (secondary N) is 1. The van der Waals surface area contributed by atoms with Crippen molar-refractivity contribution in [2.45, 2.75) is 39.5 Å². The van der Waals surface area contributed by atoms with Gasteiger partial charge < -0.3 is 10.1 Å². The molecule has 1 N–H and O–H groups in total. The fourth-order valence-corrected chi connectivity index (χ4v) is 2.15. The summed E-state index contributed by atoms with van der Waals surface area (Å²) in [5.41, 5.74) is 0.358. The summed E-state index contributed by atoms with van der Waals surface area (Å²) in [4.78, 5) is 2.32. The van der Waals surface area contributed by atoms with Crippen molar-refractivity contribution in [2.24, 2.45) is 5.41 Å². The van der Waals surface area contributed by atoms with E-state index in [1.807, 2.05) is 0 Å². The number of nitrogens with zero attached hydrogens (tertiary/aromatic N) is 1. The molecule has 76 valence electrons. The molecule has 0 radical (unpaired) electrons. The van der Waals surface area contributed by atoms with Crippen LogP contribution in [0.5, 0.6) is 0 Å². The number of ether oxygens (including phenoxy) is 1. The average molecular weight is 184 g/mol. The Bertz CT molecular complexity index is 193. The molecule has 3 nitrogen and oxygen atoms in total. The number of hydrogen-bond donors (Lipinski definition) is 1. The van der Waals surface area contributed by atoms with Gasteiger partial charge in [0.1, 0.15) is 6.23 Å². The van der Waals surface area contributed by atoms with E-state index in [1.165, 1.54) is 0 Å². The molecule has 2 rings (SSSR count). The Labute approximate surface area is 80.4 Å². The molecule has 3 atom stereocenters. The molecule has 2 heterocycles. The van der Waals surface area contributed by atoms with E-state index >= 15 is 0 Å². The first-order chi connectivity index (χ1) is 6.07. The summed E-state index contributed by atoms with van der Waals surface area (Å²) in [7, 11) is 0. The molecule has 2 aliphatic heterocycles. The number of fused-ring (bicyclic) bond motifs is 1. The van der Waals surface area contributed by atoms with Gasteiger partial charge in [-0.2, -0.15) is 0 Å². The van der Waals surface area contributed by atoms with E-state index in [2.05, 4.69) is 31.0 Å². The number of hydrogen-bond acceptors (Lipinski definition) is 3. The van der Waals surface area contributed by atoms with Gasteiger partial charge >= 0.3 is 0 Å². The van der Waals surface area contributed by atoms with Crippen molar-refractivity contribution >= 4 is 0 Å². The predicted molar refractivity (Wildman–Crippen MR) is 52.3 cm³/mol. The van der Waals surface area contributed by atoms with Gasteiger partial charge in [0, 0.05) is 13.1 Å². The lowest BCUT2D eigenvalue weighted by Crippen LogP contribution is -2.33. The van der Waals surface area contributed by atoms with E-state index in [1.54, 1.807) is 0 Å². The smallest absolute Gasteiger partial charge is 0.125 e. The summed E-state index contributed by atoms with van der Waals surface area (Å²) in [5, 5.41) is 3.48. The van der Waals surface area contributed by atoms with Crippen LogP contribution in [0.15, 0.2) is 0 Å². The quantitative estimate of drug-likeness (QED) is 0.569. The molecule has 2 aliphatic rings. The van der Waals surface area contributed by atoms with Crippen molar-refractivity contribution in [1.29, 1.82) is 0 Å². The maximum Gasteiger partial charge on any atom is 0.125 e. The molecule has 3 unspecified atom stereocenters. The highest BCUT2D eigenvalue weighted by Crippen LogP contribution is 2.28. The van der Waals surface area contributed by atoms with Crippen LogP contribution in [-0.4, -0.2) is 37.0 Å². The van der Waals surface area contributed by atoms with Crippen molar-refractivity contribution in [1.82, 2.24) is 10.2 Å². The Morgan fingerprint density at radius 3 is 3.00 bits per heavy atom. The van der Waals surface area contributed by atoms with Crippen LogP contribution >= 0.6 is 0 Å². The molecule has 3 heteroatoms. The van der Waals surface area contributed by atoms with Crippen LogP contribution in [0.25, 0.3) is 0 Å². The van der Waals surface area contributed by atoms with Crippen molar-refractivity contribution < 1.29 is 4.74 Å². The van der Waals surface area contributed by atoms with Crippen molar-refractivity contribution in [3.63, 3.8) is 0 Å². The summed E-state index contributed by atoms with van der Waals surface area (Å²) < 4.78 is 5.87. The second-order valence-electron chi connectivity index (χ2n) is 5.13. The lowest BCUT2D eigenvalue weighted by Gasteiger charge is -2.27. The van der Waals surface area contributed by atoms with Crippen molar-refractivity contribution in [3.8, 4) is 0 Å². The summed E-state index contributed by atoms with van der Waals surface area (Å²) in [6, 6.07) is 0. The molecule has 0 aromatic rings. The topological polar surface area (TPSA) is 24.3 Å². The van der Waals surface area contributed by atoms with Gasteiger partial charge in [-0.3, -0.25) is 4.90 Å². The second kappa shape index (κ2) is 3.23. The van der Waals surface area contributed by atoms with Crippen LogP contribution in [0, 0.1) is 5.41 Å². The highest BCUT2D eigenvalue weighted by atomic mass is 16.5. The molecule has 2 fully saturated rings. The van der Waals surface area contributed by atoms with Gasteiger partial charge in [-0.15, -0.1) is 0 Å². The molecule has 13 heavy (non-hydrogen) atoms. The Hall–Kier alpha value is -0.120. The van der Waals surface area contributed by atoms with Gasteiger partial charge in [0.15, 0.2) is 0 Å². The molecule has 0 amide bonds. The van der Waals surface area contributed by atoms with Gasteiger partial charge in [-0.1, -0.05) is 13.8 Å². The van der Waals surface area contributed by atoms with Gasteiger partial charge in [-0.25, -0.2) is 0 Å². The lowest BCUT2D eigenvalue weighted by atomic mass is 9.87. The Morgan fingerprint density at radius 2 is 2.23 bits per heavy atom.